The highest BCUT2D eigenvalue weighted by molar-refractivity contribution is 9.10. The van der Waals surface area contributed by atoms with E-state index in [1.165, 1.54) is 4.90 Å². The van der Waals surface area contributed by atoms with Crippen LogP contribution in [-0.2, 0) is 26.2 Å². The molecular formula is C24H29BrClN3O4S. The number of hydrogen-bond donors (Lipinski definition) is 1. The van der Waals surface area contributed by atoms with Crippen molar-refractivity contribution in [2.45, 2.75) is 51.2 Å². The molecule has 0 radical (unpaired) electrons. The Morgan fingerprint density at radius 1 is 1.15 bits per heavy atom. The number of carbonyl (C=O) groups excluding carboxylic acids is 2. The van der Waals surface area contributed by atoms with Crippen molar-refractivity contribution in [3.8, 4) is 0 Å². The molecule has 1 saturated carbocycles. The van der Waals surface area contributed by atoms with Crippen LogP contribution in [-0.4, -0.2) is 50.0 Å². The first-order valence-electron chi connectivity index (χ1n) is 11.1. The normalized spacial score (nSPS) is 15.1. The summed E-state index contributed by atoms with van der Waals surface area (Å²) >= 11 is 9.38. The van der Waals surface area contributed by atoms with Gasteiger partial charge in [0.1, 0.15) is 12.6 Å². The molecule has 1 aliphatic rings. The van der Waals surface area contributed by atoms with Crippen molar-refractivity contribution in [1.82, 2.24) is 10.2 Å². The lowest BCUT2D eigenvalue weighted by Crippen LogP contribution is -2.52. The van der Waals surface area contributed by atoms with Gasteiger partial charge in [-0.2, -0.15) is 0 Å². The van der Waals surface area contributed by atoms with E-state index in [4.69, 9.17) is 11.6 Å². The Hall–Kier alpha value is -2.10. The van der Waals surface area contributed by atoms with Crippen molar-refractivity contribution in [3.05, 3.63) is 63.6 Å². The lowest BCUT2D eigenvalue weighted by Gasteiger charge is -2.32. The molecule has 0 bridgehead atoms. The highest BCUT2D eigenvalue weighted by Crippen LogP contribution is 2.22. The number of carbonyl (C=O) groups is 2. The van der Waals surface area contributed by atoms with Crippen LogP contribution in [0, 0.1) is 0 Å². The van der Waals surface area contributed by atoms with Crippen LogP contribution in [0.25, 0.3) is 0 Å². The van der Waals surface area contributed by atoms with Gasteiger partial charge >= 0.3 is 0 Å². The van der Waals surface area contributed by atoms with E-state index >= 15 is 0 Å². The van der Waals surface area contributed by atoms with Gasteiger partial charge in [0.25, 0.3) is 0 Å². The minimum absolute atomic E-state index is 0.111. The number of nitrogens with one attached hydrogen (secondary N) is 1. The molecule has 3 rings (SSSR count). The zero-order valence-corrected chi connectivity index (χ0v) is 22.4. The van der Waals surface area contributed by atoms with Gasteiger partial charge in [0.05, 0.1) is 11.9 Å². The van der Waals surface area contributed by atoms with Gasteiger partial charge in [0.2, 0.25) is 21.8 Å². The van der Waals surface area contributed by atoms with Crippen molar-refractivity contribution >= 4 is 55.1 Å². The number of anilines is 1. The van der Waals surface area contributed by atoms with Crippen molar-refractivity contribution < 1.29 is 18.0 Å². The van der Waals surface area contributed by atoms with Gasteiger partial charge in [0, 0.05) is 22.1 Å². The third kappa shape index (κ3) is 7.20. The fourth-order valence-electron chi connectivity index (χ4n) is 4.03. The highest BCUT2D eigenvalue weighted by Gasteiger charge is 2.31. The second kappa shape index (κ2) is 11.6. The Bertz CT molecular complexity index is 1120. The van der Waals surface area contributed by atoms with Gasteiger partial charge in [-0.05, 0) is 61.7 Å². The van der Waals surface area contributed by atoms with Crippen LogP contribution >= 0.6 is 27.5 Å². The maximum Gasteiger partial charge on any atom is 0.244 e. The average molecular weight is 571 g/mol. The van der Waals surface area contributed by atoms with Crippen LogP contribution in [0.3, 0.4) is 0 Å². The molecule has 1 N–H and O–H groups in total. The molecule has 1 aliphatic carbocycles. The van der Waals surface area contributed by atoms with E-state index in [-0.39, 0.29) is 18.5 Å². The first-order chi connectivity index (χ1) is 16.0. The summed E-state index contributed by atoms with van der Waals surface area (Å²) in [5, 5.41) is 3.50. The molecule has 0 aromatic heterocycles. The van der Waals surface area contributed by atoms with Crippen LogP contribution in [0.4, 0.5) is 5.69 Å². The average Bonchev–Trinajstić information content (AvgIpc) is 3.28. The number of sulfonamides is 1. The molecule has 184 valence electrons. The minimum atomic E-state index is -3.77. The monoisotopic (exact) mass is 569 g/mol. The summed E-state index contributed by atoms with van der Waals surface area (Å²) in [6.07, 6.45) is 5.05. The van der Waals surface area contributed by atoms with Crippen molar-refractivity contribution in [2.24, 2.45) is 0 Å². The van der Waals surface area contributed by atoms with Crippen LogP contribution in [0.2, 0.25) is 5.02 Å². The maximum atomic E-state index is 13.5. The Morgan fingerprint density at radius 2 is 1.79 bits per heavy atom. The molecule has 1 atom stereocenters. The molecule has 10 heteroatoms. The Balaban J connectivity index is 1.87. The van der Waals surface area contributed by atoms with Crippen molar-refractivity contribution in [1.29, 1.82) is 0 Å². The number of rotatable bonds is 9. The van der Waals surface area contributed by atoms with Crippen LogP contribution in [0.15, 0.2) is 53.0 Å². The molecule has 0 saturated heterocycles. The SMILES string of the molecule is C[C@H](C(=O)NC1CCCC1)N(Cc1cccc(Br)c1)C(=O)CN(c1ccc(Cl)cc1)S(C)(=O)=O. The van der Waals surface area contributed by atoms with E-state index in [9.17, 15) is 18.0 Å². The van der Waals surface area contributed by atoms with Gasteiger partial charge in [-0.1, -0.05) is 52.5 Å². The molecule has 1 fully saturated rings. The fourth-order valence-corrected chi connectivity index (χ4v) is 5.45. The van der Waals surface area contributed by atoms with Gasteiger partial charge in [-0.3, -0.25) is 13.9 Å². The minimum Gasteiger partial charge on any atom is -0.352 e. The largest absolute Gasteiger partial charge is 0.352 e. The Labute approximate surface area is 214 Å². The lowest BCUT2D eigenvalue weighted by atomic mass is 10.1. The van der Waals surface area contributed by atoms with Gasteiger partial charge in [-0.15, -0.1) is 0 Å². The summed E-state index contributed by atoms with van der Waals surface area (Å²) < 4.78 is 27.0. The maximum absolute atomic E-state index is 13.5. The summed E-state index contributed by atoms with van der Waals surface area (Å²) in [6.45, 7) is 1.40. The summed E-state index contributed by atoms with van der Waals surface area (Å²) in [6, 6.07) is 13.0. The number of halogens is 2. The predicted molar refractivity (Wildman–Crippen MR) is 138 cm³/mol. The fraction of sp³-hybridized carbons (Fsp3) is 0.417. The summed E-state index contributed by atoms with van der Waals surface area (Å²) in [5.74, 6) is -0.720. The smallest absolute Gasteiger partial charge is 0.244 e. The van der Waals surface area contributed by atoms with E-state index in [0.717, 1.165) is 46.3 Å². The molecule has 2 aromatic carbocycles. The predicted octanol–water partition coefficient (Wildman–Crippen LogP) is 4.34. The van der Waals surface area contributed by atoms with Crippen molar-refractivity contribution in [3.63, 3.8) is 0 Å². The third-order valence-electron chi connectivity index (χ3n) is 5.90. The molecule has 7 nitrogen and oxygen atoms in total. The first-order valence-corrected chi connectivity index (χ1v) is 14.1. The number of nitrogens with zero attached hydrogens (tertiary/aromatic N) is 2. The molecule has 0 aliphatic heterocycles. The van der Waals surface area contributed by atoms with Gasteiger partial charge in [0.15, 0.2) is 0 Å². The van der Waals surface area contributed by atoms with E-state index in [1.54, 1.807) is 31.2 Å². The van der Waals surface area contributed by atoms with Crippen molar-refractivity contribution in [2.75, 3.05) is 17.1 Å². The molecule has 0 unspecified atom stereocenters. The number of hydrogen-bond acceptors (Lipinski definition) is 4. The Kier molecular flexibility index (Phi) is 9.01. The summed E-state index contributed by atoms with van der Waals surface area (Å²) in [7, 11) is -3.77. The van der Waals surface area contributed by atoms with Crippen LogP contribution < -0.4 is 9.62 Å². The Morgan fingerprint density at radius 3 is 2.38 bits per heavy atom. The highest BCUT2D eigenvalue weighted by atomic mass is 79.9. The topological polar surface area (TPSA) is 86.8 Å². The van der Waals surface area contributed by atoms with E-state index in [2.05, 4.69) is 21.2 Å². The quantitative estimate of drug-likeness (QED) is 0.486. The number of amides is 2. The standard InChI is InChI=1S/C24H29BrClN3O4S/c1-17(24(31)27-21-8-3-4-9-21)28(15-18-6-5-7-19(25)14-18)23(30)16-29(34(2,32)33)22-12-10-20(26)11-13-22/h5-7,10-14,17,21H,3-4,8-9,15-16H2,1-2H3,(H,27,31)/t17-/m1/s1. The molecule has 0 heterocycles. The van der Waals surface area contributed by atoms with Gasteiger partial charge < -0.3 is 10.2 Å². The molecule has 2 amide bonds. The molecule has 0 spiro atoms. The summed E-state index contributed by atoms with van der Waals surface area (Å²) in [4.78, 5) is 28.0. The number of benzene rings is 2. The first kappa shape index (κ1) is 26.5. The molecular weight excluding hydrogens is 542 g/mol. The van der Waals surface area contributed by atoms with Crippen LogP contribution in [0.1, 0.15) is 38.2 Å². The van der Waals surface area contributed by atoms with E-state index in [1.807, 2.05) is 24.3 Å². The second-order valence-electron chi connectivity index (χ2n) is 8.56. The zero-order chi connectivity index (χ0) is 24.9. The summed E-state index contributed by atoms with van der Waals surface area (Å²) in [5.41, 5.74) is 1.14. The van der Waals surface area contributed by atoms with E-state index < -0.39 is 28.5 Å². The third-order valence-corrected chi connectivity index (χ3v) is 7.79. The molecule has 34 heavy (non-hydrogen) atoms. The zero-order valence-electron chi connectivity index (χ0n) is 19.2. The molecule has 2 aromatic rings. The van der Waals surface area contributed by atoms with Crippen LogP contribution in [0.5, 0.6) is 0 Å². The lowest BCUT2D eigenvalue weighted by molar-refractivity contribution is -0.139. The second-order valence-corrected chi connectivity index (χ2v) is 11.8. The van der Waals surface area contributed by atoms with E-state index in [0.29, 0.717) is 10.7 Å². The van der Waals surface area contributed by atoms with Gasteiger partial charge in [-0.25, -0.2) is 8.42 Å².